The quantitative estimate of drug-likeness (QED) is 0.672. The van der Waals surface area contributed by atoms with E-state index in [2.05, 4.69) is 39.6 Å². The summed E-state index contributed by atoms with van der Waals surface area (Å²) in [7, 11) is 1.88. The molecule has 1 atom stereocenters. The summed E-state index contributed by atoms with van der Waals surface area (Å²) in [5.41, 5.74) is 0. The van der Waals surface area contributed by atoms with Crippen molar-refractivity contribution in [3.8, 4) is 0 Å². The maximum atomic E-state index is 4.40. The van der Waals surface area contributed by atoms with Crippen molar-refractivity contribution in [2.75, 3.05) is 26.7 Å². The topological polar surface area (TPSA) is 27.6 Å². The predicted molar refractivity (Wildman–Crippen MR) is 79.4 cm³/mol. The molecule has 0 amide bonds. The van der Waals surface area contributed by atoms with E-state index in [0.717, 1.165) is 37.9 Å². The average Bonchev–Trinajstić information content (AvgIpc) is 2.88. The van der Waals surface area contributed by atoms with Crippen LogP contribution in [0.15, 0.2) is 22.5 Å². The number of nitrogens with zero attached hydrogens (tertiary/aromatic N) is 2. The van der Waals surface area contributed by atoms with Gasteiger partial charge in [0.15, 0.2) is 5.96 Å². The summed E-state index contributed by atoms with van der Waals surface area (Å²) in [4.78, 5) is 8.23. The Kier molecular flexibility index (Phi) is 5.05. The van der Waals surface area contributed by atoms with E-state index in [-0.39, 0.29) is 0 Å². The van der Waals surface area contributed by atoms with E-state index in [1.165, 1.54) is 17.7 Å². The first-order valence-electron chi connectivity index (χ1n) is 6.77. The Morgan fingerprint density at radius 1 is 1.61 bits per heavy atom. The van der Waals surface area contributed by atoms with Gasteiger partial charge in [-0.15, -0.1) is 11.3 Å². The second-order valence-electron chi connectivity index (χ2n) is 5.00. The molecule has 100 valence electrons. The van der Waals surface area contributed by atoms with Crippen LogP contribution in [0.5, 0.6) is 0 Å². The highest BCUT2D eigenvalue weighted by atomic mass is 32.1. The lowest BCUT2D eigenvalue weighted by molar-refractivity contribution is 0.266. The van der Waals surface area contributed by atoms with E-state index in [0.29, 0.717) is 0 Å². The van der Waals surface area contributed by atoms with Crippen LogP contribution in [-0.2, 0) is 6.42 Å². The zero-order valence-electron chi connectivity index (χ0n) is 11.4. The van der Waals surface area contributed by atoms with Crippen LogP contribution in [0.3, 0.4) is 0 Å². The molecule has 18 heavy (non-hydrogen) atoms. The third-order valence-corrected chi connectivity index (χ3v) is 4.34. The van der Waals surface area contributed by atoms with Gasteiger partial charge in [-0.05, 0) is 36.6 Å². The van der Waals surface area contributed by atoms with E-state index in [1.54, 1.807) is 0 Å². The highest BCUT2D eigenvalue weighted by molar-refractivity contribution is 7.09. The summed E-state index contributed by atoms with van der Waals surface area (Å²) >= 11 is 1.82. The van der Waals surface area contributed by atoms with Crippen molar-refractivity contribution in [1.29, 1.82) is 0 Å². The van der Waals surface area contributed by atoms with Gasteiger partial charge in [-0.3, -0.25) is 4.99 Å². The lowest BCUT2D eigenvalue weighted by atomic mass is 10.0. The van der Waals surface area contributed by atoms with E-state index < -0.39 is 0 Å². The van der Waals surface area contributed by atoms with E-state index in [4.69, 9.17) is 0 Å². The Morgan fingerprint density at radius 3 is 3.17 bits per heavy atom. The van der Waals surface area contributed by atoms with Crippen molar-refractivity contribution in [3.05, 3.63) is 22.4 Å². The molecule has 1 fully saturated rings. The van der Waals surface area contributed by atoms with E-state index in [9.17, 15) is 0 Å². The van der Waals surface area contributed by atoms with Gasteiger partial charge in [0, 0.05) is 31.6 Å². The van der Waals surface area contributed by atoms with Crippen LogP contribution in [0, 0.1) is 5.92 Å². The normalized spacial score (nSPS) is 21.1. The molecule has 0 spiro atoms. The summed E-state index contributed by atoms with van der Waals surface area (Å²) in [6.45, 7) is 5.57. The molecule has 0 aliphatic carbocycles. The molecular formula is C14H23N3S. The van der Waals surface area contributed by atoms with Crippen LogP contribution in [0.25, 0.3) is 0 Å². The molecule has 2 heterocycles. The number of thiophene rings is 1. The van der Waals surface area contributed by atoms with Gasteiger partial charge in [0.1, 0.15) is 0 Å². The number of hydrogen-bond donors (Lipinski definition) is 1. The lowest BCUT2D eigenvalue weighted by Crippen LogP contribution is -2.46. The average molecular weight is 265 g/mol. The van der Waals surface area contributed by atoms with Crippen molar-refractivity contribution in [3.63, 3.8) is 0 Å². The smallest absolute Gasteiger partial charge is 0.193 e. The third kappa shape index (κ3) is 3.73. The Morgan fingerprint density at radius 2 is 2.50 bits per heavy atom. The molecule has 1 unspecified atom stereocenters. The van der Waals surface area contributed by atoms with Crippen LogP contribution >= 0.6 is 11.3 Å². The van der Waals surface area contributed by atoms with Gasteiger partial charge in [0.05, 0.1) is 0 Å². The summed E-state index contributed by atoms with van der Waals surface area (Å²) in [5, 5.41) is 5.62. The number of hydrogen-bond acceptors (Lipinski definition) is 2. The van der Waals surface area contributed by atoms with Crippen molar-refractivity contribution in [2.24, 2.45) is 10.9 Å². The molecule has 0 radical (unpaired) electrons. The Labute approximate surface area is 114 Å². The van der Waals surface area contributed by atoms with Gasteiger partial charge in [0.2, 0.25) is 0 Å². The first kappa shape index (κ1) is 13.4. The standard InChI is InChI=1S/C14H23N3S/c1-12-5-3-9-17(11-12)14(15-2)16-8-7-13-6-4-10-18-13/h4,6,10,12H,3,5,7-9,11H2,1-2H3,(H,15,16). The number of likely N-dealkylation sites (tertiary alicyclic amines) is 1. The van der Waals surface area contributed by atoms with Crippen LogP contribution in [0.1, 0.15) is 24.6 Å². The molecule has 1 aliphatic rings. The van der Waals surface area contributed by atoms with E-state index >= 15 is 0 Å². The number of guanidine groups is 1. The summed E-state index contributed by atoms with van der Waals surface area (Å²) in [5.74, 6) is 1.85. The second-order valence-corrected chi connectivity index (χ2v) is 6.03. The van der Waals surface area contributed by atoms with Crippen LogP contribution < -0.4 is 5.32 Å². The zero-order valence-corrected chi connectivity index (χ0v) is 12.2. The molecule has 3 nitrogen and oxygen atoms in total. The monoisotopic (exact) mass is 265 g/mol. The number of aliphatic imine (C=N–C) groups is 1. The zero-order chi connectivity index (χ0) is 12.8. The van der Waals surface area contributed by atoms with Gasteiger partial charge in [0.25, 0.3) is 0 Å². The minimum atomic E-state index is 0.787. The van der Waals surface area contributed by atoms with Crippen LogP contribution in [0.2, 0.25) is 0 Å². The Hall–Kier alpha value is -1.03. The minimum absolute atomic E-state index is 0.787. The number of piperidine rings is 1. The fraction of sp³-hybridized carbons (Fsp3) is 0.643. The number of nitrogens with one attached hydrogen (secondary N) is 1. The van der Waals surface area contributed by atoms with Gasteiger partial charge < -0.3 is 10.2 Å². The highest BCUT2D eigenvalue weighted by Gasteiger charge is 2.18. The minimum Gasteiger partial charge on any atom is -0.356 e. The molecule has 0 saturated carbocycles. The van der Waals surface area contributed by atoms with Crippen LogP contribution in [0.4, 0.5) is 0 Å². The first-order valence-corrected chi connectivity index (χ1v) is 7.65. The molecule has 0 aromatic carbocycles. The van der Waals surface area contributed by atoms with Gasteiger partial charge in [-0.25, -0.2) is 0 Å². The molecule has 1 N–H and O–H groups in total. The van der Waals surface area contributed by atoms with Crippen molar-refractivity contribution in [2.45, 2.75) is 26.2 Å². The highest BCUT2D eigenvalue weighted by Crippen LogP contribution is 2.15. The fourth-order valence-corrected chi connectivity index (χ4v) is 3.18. The lowest BCUT2D eigenvalue weighted by Gasteiger charge is -2.33. The molecule has 1 saturated heterocycles. The van der Waals surface area contributed by atoms with Gasteiger partial charge in [-0.2, -0.15) is 0 Å². The first-order chi connectivity index (χ1) is 8.79. The maximum absolute atomic E-state index is 4.40. The Balaban J connectivity index is 1.78. The fourth-order valence-electron chi connectivity index (χ4n) is 2.47. The van der Waals surface area contributed by atoms with Crippen molar-refractivity contribution in [1.82, 2.24) is 10.2 Å². The summed E-state index contributed by atoms with van der Waals surface area (Å²) in [6.07, 6.45) is 3.72. The number of rotatable bonds is 3. The maximum Gasteiger partial charge on any atom is 0.193 e. The van der Waals surface area contributed by atoms with Crippen molar-refractivity contribution < 1.29 is 0 Å². The molecule has 1 aromatic heterocycles. The molecule has 1 aromatic rings. The largest absolute Gasteiger partial charge is 0.356 e. The summed E-state index contributed by atoms with van der Waals surface area (Å²) in [6, 6.07) is 4.30. The molecule has 0 bridgehead atoms. The van der Waals surface area contributed by atoms with E-state index in [1.807, 2.05) is 18.4 Å². The molecule has 1 aliphatic heterocycles. The molecule has 2 rings (SSSR count). The van der Waals surface area contributed by atoms with Gasteiger partial charge >= 0.3 is 0 Å². The van der Waals surface area contributed by atoms with Gasteiger partial charge in [-0.1, -0.05) is 13.0 Å². The second kappa shape index (κ2) is 6.78. The van der Waals surface area contributed by atoms with Crippen molar-refractivity contribution >= 4 is 17.3 Å². The predicted octanol–water partition coefficient (Wildman–Crippen LogP) is 2.60. The SMILES string of the molecule is CN=C(NCCc1cccs1)N1CCCC(C)C1. The Bertz CT molecular complexity index is 372. The van der Waals surface area contributed by atoms with Crippen LogP contribution in [-0.4, -0.2) is 37.5 Å². The molecule has 4 heteroatoms. The molecular weight excluding hydrogens is 242 g/mol. The third-order valence-electron chi connectivity index (χ3n) is 3.40. The summed E-state index contributed by atoms with van der Waals surface area (Å²) < 4.78 is 0.